The molecule has 1 aromatic heterocycles. The number of aryl methyl sites for hydroxylation is 1. The normalized spacial score (nSPS) is 16.6. The summed E-state index contributed by atoms with van der Waals surface area (Å²) in [5.74, 6) is 1.84. The Morgan fingerprint density at radius 1 is 1.26 bits per heavy atom. The highest BCUT2D eigenvalue weighted by Gasteiger charge is 2.34. The van der Waals surface area contributed by atoms with E-state index in [9.17, 15) is 4.79 Å². The van der Waals surface area contributed by atoms with Crippen molar-refractivity contribution < 1.29 is 9.53 Å². The number of rotatable bonds is 6. The Balaban J connectivity index is 1.85. The van der Waals surface area contributed by atoms with Gasteiger partial charge in [0.1, 0.15) is 11.6 Å². The van der Waals surface area contributed by atoms with Crippen LogP contribution in [0.5, 0.6) is 5.75 Å². The second kappa shape index (κ2) is 8.46. The predicted octanol–water partition coefficient (Wildman–Crippen LogP) is 3.85. The number of nitrogens with zero attached hydrogens (tertiary/aromatic N) is 4. The molecule has 1 fully saturated rings. The molecule has 2 heterocycles. The molecule has 6 nitrogen and oxygen atoms in total. The molecule has 146 valence electrons. The standard InChI is InChI=1S/C21H30N4O2/c1-5-23(6-2)21(26)24-13-7-8-19(24)20-22-14-16(3)25(20)15-17-9-11-18(27-4)12-10-17/h9-12,14,19H,5-8,13,15H2,1-4H3. The summed E-state index contributed by atoms with van der Waals surface area (Å²) in [5.41, 5.74) is 2.31. The fourth-order valence-electron chi connectivity index (χ4n) is 3.80. The van der Waals surface area contributed by atoms with Crippen LogP contribution >= 0.6 is 0 Å². The molecule has 0 bridgehead atoms. The number of hydrogen-bond donors (Lipinski definition) is 0. The maximum absolute atomic E-state index is 12.9. The molecule has 0 radical (unpaired) electrons. The zero-order chi connectivity index (χ0) is 19.4. The molecule has 0 aliphatic carbocycles. The molecule has 2 amide bonds. The number of amides is 2. The Morgan fingerprint density at radius 2 is 1.96 bits per heavy atom. The van der Waals surface area contributed by atoms with Crippen molar-refractivity contribution in [2.75, 3.05) is 26.7 Å². The van der Waals surface area contributed by atoms with Crippen molar-refractivity contribution in [2.45, 2.75) is 46.2 Å². The highest BCUT2D eigenvalue weighted by molar-refractivity contribution is 5.75. The number of aromatic nitrogens is 2. The Kier molecular flexibility index (Phi) is 6.04. The second-order valence-corrected chi connectivity index (χ2v) is 7.00. The number of imidazole rings is 1. The zero-order valence-electron chi connectivity index (χ0n) is 16.8. The average molecular weight is 370 g/mol. The average Bonchev–Trinajstić information content (AvgIpc) is 3.30. The molecule has 1 aliphatic heterocycles. The van der Waals surface area contributed by atoms with Gasteiger partial charge in [0.2, 0.25) is 0 Å². The van der Waals surface area contributed by atoms with Crippen molar-refractivity contribution in [1.29, 1.82) is 0 Å². The Labute approximate surface area is 161 Å². The SMILES string of the molecule is CCN(CC)C(=O)N1CCCC1c1ncc(C)n1Cc1ccc(OC)cc1. The molecule has 6 heteroatoms. The first-order chi connectivity index (χ1) is 13.1. The topological polar surface area (TPSA) is 50.6 Å². The van der Waals surface area contributed by atoms with E-state index in [0.29, 0.717) is 0 Å². The first kappa shape index (κ1) is 19.3. The Bertz CT molecular complexity index is 765. The van der Waals surface area contributed by atoms with Gasteiger partial charge < -0.3 is 19.1 Å². The van der Waals surface area contributed by atoms with Gasteiger partial charge in [0.05, 0.1) is 13.2 Å². The van der Waals surface area contributed by atoms with E-state index in [1.165, 1.54) is 5.56 Å². The zero-order valence-corrected chi connectivity index (χ0v) is 16.8. The van der Waals surface area contributed by atoms with Crippen LogP contribution in [0.25, 0.3) is 0 Å². The number of hydrogen-bond acceptors (Lipinski definition) is 3. The summed E-state index contributed by atoms with van der Waals surface area (Å²) in [7, 11) is 1.68. The van der Waals surface area contributed by atoms with Gasteiger partial charge in [-0.15, -0.1) is 0 Å². The first-order valence-electron chi connectivity index (χ1n) is 9.79. The molecule has 1 aliphatic rings. The molecule has 0 N–H and O–H groups in total. The molecule has 1 saturated heterocycles. The first-order valence-corrected chi connectivity index (χ1v) is 9.79. The summed E-state index contributed by atoms with van der Waals surface area (Å²) in [5, 5.41) is 0. The smallest absolute Gasteiger partial charge is 0.320 e. The van der Waals surface area contributed by atoms with Gasteiger partial charge in [0.15, 0.2) is 0 Å². The van der Waals surface area contributed by atoms with Gasteiger partial charge in [-0.25, -0.2) is 9.78 Å². The lowest BCUT2D eigenvalue weighted by molar-refractivity contribution is 0.150. The van der Waals surface area contributed by atoms with Gasteiger partial charge in [0.25, 0.3) is 0 Å². The van der Waals surface area contributed by atoms with E-state index in [1.54, 1.807) is 7.11 Å². The van der Waals surface area contributed by atoms with Crippen LogP contribution in [0.1, 0.15) is 49.8 Å². The van der Waals surface area contributed by atoms with Crippen LogP contribution in [-0.4, -0.2) is 52.1 Å². The number of carbonyl (C=O) groups is 1. The number of urea groups is 1. The van der Waals surface area contributed by atoms with Gasteiger partial charge in [-0.05, 0) is 51.3 Å². The van der Waals surface area contributed by atoms with Crippen molar-refractivity contribution in [3.63, 3.8) is 0 Å². The number of ether oxygens (including phenoxy) is 1. The molecule has 1 atom stereocenters. The quantitative estimate of drug-likeness (QED) is 0.776. The number of carbonyl (C=O) groups excluding carboxylic acids is 1. The lowest BCUT2D eigenvalue weighted by Gasteiger charge is -2.30. The van der Waals surface area contributed by atoms with E-state index in [-0.39, 0.29) is 12.1 Å². The van der Waals surface area contributed by atoms with Crippen molar-refractivity contribution >= 4 is 6.03 Å². The summed E-state index contributed by atoms with van der Waals surface area (Å²) in [6, 6.07) is 8.29. The lowest BCUT2D eigenvalue weighted by atomic mass is 10.1. The second-order valence-electron chi connectivity index (χ2n) is 7.00. The number of methoxy groups -OCH3 is 1. The summed E-state index contributed by atoms with van der Waals surface area (Å²) >= 11 is 0. The van der Waals surface area contributed by atoms with Gasteiger partial charge >= 0.3 is 6.03 Å². The molecule has 2 aromatic rings. The third-order valence-corrected chi connectivity index (χ3v) is 5.42. The minimum atomic E-state index is 0.0463. The molecule has 27 heavy (non-hydrogen) atoms. The summed E-state index contributed by atoms with van der Waals surface area (Å²) < 4.78 is 7.49. The summed E-state index contributed by atoms with van der Waals surface area (Å²) in [6.45, 7) is 9.15. The van der Waals surface area contributed by atoms with Crippen molar-refractivity contribution in [3.8, 4) is 5.75 Å². The molecule has 3 rings (SSSR count). The summed E-state index contributed by atoms with van der Waals surface area (Å²) in [6.07, 6.45) is 3.90. The van der Waals surface area contributed by atoms with Gasteiger partial charge in [-0.2, -0.15) is 0 Å². The molecule has 0 spiro atoms. The highest BCUT2D eigenvalue weighted by atomic mass is 16.5. The third-order valence-electron chi connectivity index (χ3n) is 5.42. The van der Waals surface area contributed by atoms with Crippen LogP contribution in [0.2, 0.25) is 0 Å². The third kappa shape index (κ3) is 3.94. The van der Waals surface area contributed by atoms with Crippen LogP contribution < -0.4 is 4.74 Å². The predicted molar refractivity (Wildman–Crippen MR) is 106 cm³/mol. The number of benzene rings is 1. The van der Waals surface area contributed by atoms with E-state index >= 15 is 0 Å². The lowest BCUT2D eigenvalue weighted by Crippen LogP contribution is -2.43. The van der Waals surface area contributed by atoms with E-state index in [2.05, 4.69) is 23.6 Å². The Hall–Kier alpha value is -2.50. The van der Waals surface area contributed by atoms with Gasteiger partial charge in [0, 0.05) is 38.1 Å². The fraction of sp³-hybridized carbons (Fsp3) is 0.524. The maximum Gasteiger partial charge on any atom is 0.320 e. The Morgan fingerprint density at radius 3 is 2.59 bits per heavy atom. The molecular weight excluding hydrogens is 340 g/mol. The minimum absolute atomic E-state index is 0.0463. The van der Waals surface area contributed by atoms with E-state index in [4.69, 9.17) is 9.72 Å². The van der Waals surface area contributed by atoms with E-state index < -0.39 is 0 Å². The molecule has 0 saturated carbocycles. The van der Waals surface area contributed by atoms with Gasteiger partial charge in [-0.1, -0.05) is 12.1 Å². The largest absolute Gasteiger partial charge is 0.497 e. The van der Waals surface area contributed by atoms with Crippen LogP contribution in [0.15, 0.2) is 30.5 Å². The van der Waals surface area contributed by atoms with Crippen LogP contribution in [-0.2, 0) is 6.54 Å². The minimum Gasteiger partial charge on any atom is -0.497 e. The molecular formula is C21H30N4O2. The van der Waals surface area contributed by atoms with Crippen molar-refractivity contribution in [2.24, 2.45) is 0 Å². The maximum atomic E-state index is 12.9. The van der Waals surface area contributed by atoms with Crippen LogP contribution in [0, 0.1) is 6.92 Å². The summed E-state index contributed by atoms with van der Waals surface area (Å²) in [4.78, 5) is 21.5. The highest BCUT2D eigenvalue weighted by Crippen LogP contribution is 2.33. The van der Waals surface area contributed by atoms with Crippen LogP contribution in [0.4, 0.5) is 4.79 Å². The molecule has 1 aromatic carbocycles. The number of likely N-dealkylation sites (tertiary alicyclic amines) is 1. The van der Waals surface area contributed by atoms with Gasteiger partial charge in [-0.3, -0.25) is 0 Å². The van der Waals surface area contributed by atoms with E-state index in [0.717, 1.165) is 56.3 Å². The van der Waals surface area contributed by atoms with Crippen molar-refractivity contribution in [1.82, 2.24) is 19.4 Å². The fourth-order valence-corrected chi connectivity index (χ4v) is 3.80. The van der Waals surface area contributed by atoms with E-state index in [1.807, 2.05) is 42.0 Å². The van der Waals surface area contributed by atoms with Crippen LogP contribution in [0.3, 0.4) is 0 Å². The van der Waals surface area contributed by atoms with Crippen molar-refractivity contribution in [3.05, 3.63) is 47.5 Å². The molecule has 1 unspecified atom stereocenters. The monoisotopic (exact) mass is 370 g/mol.